The smallest absolute Gasteiger partial charge is 0.307 e. The third-order valence-electron chi connectivity index (χ3n) is 2.69. The Balaban J connectivity index is 1.60. The molecular weight excluding hydrogens is 222 g/mol. The number of rotatable bonds is 5. The number of hydrogen-bond donors (Lipinski definition) is 0. The summed E-state index contributed by atoms with van der Waals surface area (Å²) in [5.74, 6) is 0.484. The molecule has 17 heavy (non-hydrogen) atoms. The maximum atomic E-state index is 11.5. The largest absolute Gasteiger partial charge is 0.466 e. The standard InChI is InChI=1S/C12H17NO4/c14-12(17-10-11-2-1-7-16-11)3-4-13-5-8-15-9-6-13/h1-2,7H,3-6,8-10H2. The van der Waals surface area contributed by atoms with Gasteiger partial charge in [-0.3, -0.25) is 9.69 Å². The highest BCUT2D eigenvalue weighted by atomic mass is 16.5. The van der Waals surface area contributed by atoms with Gasteiger partial charge in [-0.05, 0) is 12.1 Å². The third kappa shape index (κ3) is 4.20. The van der Waals surface area contributed by atoms with Crippen LogP contribution in [-0.2, 0) is 20.9 Å². The average Bonchev–Trinajstić information content (AvgIpc) is 2.88. The predicted octanol–water partition coefficient (Wildman–Crippen LogP) is 1.05. The zero-order valence-electron chi connectivity index (χ0n) is 9.76. The van der Waals surface area contributed by atoms with E-state index >= 15 is 0 Å². The van der Waals surface area contributed by atoms with Gasteiger partial charge in [0.15, 0.2) is 0 Å². The highest BCUT2D eigenvalue weighted by Crippen LogP contribution is 2.04. The fourth-order valence-electron chi connectivity index (χ4n) is 1.69. The van der Waals surface area contributed by atoms with Gasteiger partial charge < -0.3 is 13.9 Å². The summed E-state index contributed by atoms with van der Waals surface area (Å²) in [6.45, 7) is 4.25. The number of ether oxygens (including phenoxy) is 2. The van der Waals surface area contributed by atoms with Crippen LogP contribution in [-0.4, -0.2) is 43.7 Å². The van der Waals surface area contributed by atoms with Gasteiger partial charge in [-0.25, -0.2) is 0 Å². The molecular formula is C12H17NO4. The van der Waals surface area contributed by atoms with Crippen molar-refractivity contribution in [3.63, 3.8) is 0 Å². The van der Waals surface area contributed by atoms with E-state index in [1.54, 1.807) is 18.4 Å². The second-order valence-electron chi connectivity index (χ2n) is 3.94. The Bertz CT molecular complexity index is 330. The molecule has 2 heterocycles. The van der Waals surface area contributed by atoms with Crippen LogP contribution < -0.4 is 0 Å². The summed E-state index contributed by atoms with van der Waals surface area (Å²) >= 11 is 0. The van der Waals surface area contributed by atoms with Crippen LogP contribution >= 0.6 is 0 Å². The van der Waals surface area contributed by atoms with Gasteiger partial charge in [0.2, 0.25) is 0 Å². The van der Waals surface area contributed by atoms with Crippen LogP contribution in [0.25, 0.3) is 0 Å². The molecule has 1 saturated heterocycles. The summed E-state index contributed by atoms with van der Waals surface area (Å²) in [7, 11) is 0. The van der Waals surface area contributed by atoms with Gasteiger partial charge in [0, 0.05) is 19.6 Å². The Kier molecular flexibility index (Phi) is 4.58. The Morgan fingerprint density at radius 2 is 2.24 bits per heavy atom. The number of nitrogens with zero attached hydrogens (tertiary/aromatic N) is 1. The van der Waals surface area contributed by atoms with Crippen LogP contribution in [0.3, 0.4) is 0 Å². The van der Waals surface area contributed by atoms with Crippen molar-refractivity contribution < 1.29 is 18.7 Å². The Labute approximate surface area is 100 Å². The lowest BCUT2D eigenvalue weighted by molar-refractivity contribution is -0.146. The van der Waals surface area contributed by atoms with Gasteiger partial charge in [0.05, 0.1) is 25.9 Å². The van der Waals surface area contributed by atoms with Gasteiger partial charge in [-0.1, -0.05) is 0 Å². The van der Waals surface area contributed by atoms with Crippen LogP contribution in [0.2, 0.25) is 0 Å². The first-order valence-electron chi connectivity index (χ1n) is 5.83. The molecule has 1 fully saturated rings. The van der Waals surface area contributed by atoms with Crippen LogP contribution in [0, 0.1) is 0 Å². The topological polar surface area (TPSA) is 51.9 Å². The van der Waals surface area contributed by atoms with Gasteiger partial charge >= 0.3 is 5.97 Å². The number of carbonyl (C=O) groups is 1. The second kappa shape index (κ2) is 6.42. The molecule has 0 unspecified atom stereocenters. The first kappa shape index (κ1) is 12.1. The molecule has 0 bridgehead atoms. The summed E-state index contributed by atoms with van der Waals surface area (Å²) in [6.07, 6.45) is 1.98. The van der Waals surface area contributed by atoms with Gasteiger partial charge in [-0.2, -0.15) is 0 Å². The SMILES string of the molecule is O=C(CCN1CCOCC1)OCc1ccco1. The molecule has 94 valence electrons. The Hall–Kier alpha value is -1.33. The zero-order chi connectivity index (χ0) is 11.9. The molecule has 0 atom stereocenters. The van der Waals surface area contributed by atoms with E-state index in [-0.39, 0.29) is 12.6 Å². The molecule has 0 aromatic carbocycles. The van der Waals surface area contributed by atoms with E-state index < -0.39 is 0 Å². The van der Waals surface area contributed by atoms with Crippen molar-refractivity contribution in [1.29, 1.82) is 0 Å². The van der Waals surface area contributed by atoms with Crippen LogP contribution in [0.4, 0.5) is 0 Å². The summed E-state index contributed by atoms with van der Waals surface area (Å²) in [5.41, 5.74) is 0. The maximum Gasteiger partial charge on any atom is 0.307 e. The van der Waals surface area contributed by atoms with Crippen molar-refractivity contribution in [1.82, 2.24) is 4.90 Å². The minimum atomic E-state index is -0.187. The summed E-state index contributed by atoms with van der Waals surface area (Å²) < 4.78 is 15.4. The van der Waals surface area contributed by atoms with Crippen molar-refractivity contribution in [2.75, 3.05) is 32.8 Å². The maximum absolute atomic E-state index is 11.5. The van der Waals surface area contributed by atoms with E-state index in [1.165, 1.54) is 0 Å². The zero-order valence-corrected chi connectivity index (χ0v) is 9.76. The molecule has 0 amide bonds. The monoisotopic (exact) mass is 239 g/mol. The van der Waals surface area contributed by atoms with Crippen molar-refractivity contribution in [2.24, 2.45) is 0 Å². The molecule has 1 aromatic heterocycles. The second-order valence-corrected chi connectivity index (χ2v) is 3.94. The number of morpholine rings is 1. The lowest BCUT2D eigenvalue weighted by atomic mass is 10.3. The Morgan fingerprint density at radius 1 is 1.41 bits per heavy atom. The van der Waals surface area contributed by atoms with E-state index in [1.807, 2.05) is 0 Å². The van der Waals surface area contributed by atoms with E-state index in [4.69, 9.17) is 13.9 Å². The van der Waals surface area contributed by atoms with Crippen molar-refractivity contribution >= 4 is 5.97 Å². The molecule has 1 aromatic rings. The first-order valence-corrected chi connectivity index (χ1v) is 5.83. The fraction of sp³-hybridized carbons (Fsp3) is 0.583. The molecule has 0 spiro atoms. The average molecular weight is 239 g/mol. The van der Waals surface area contributed by atoms with E-state index in [0.29, 0.717) is 12.2 Å². The van der Waals surface area contributed by atoms with Crippen molar-refractivity contribution in [3.8, 4) is 0 Å². The highest BCUT2D eigenvalue weighted by molar-refractivity contribution is 5.69. The van der Waals surface area contributed by atoms with Crippen LogP contribution in [0.15, 0.2) is 22.8 Å². The number of carbonyl (C=O) groups excluding carboxylic acids is 1. The third-order valence-corrected chi connectivity index (χ3v) is 2.69. The number of furan rings is 1. The molecule has 5 heteroatoms. The Morgan fingerprint density at radius 3 is 2.94 bits per heavy atom. The minimum Gasteiger partial charge on any atom is -0.466 e. The van der Waals surface area contributed by atoms with Gasteiger partial charge in [0.1, 0.15) is 12.4 Å². The van der Waals surface area contributed by atoms with Crippen molar-refractivity contribution in [2.45, 2.75) is 13.0 Å². The fourth-order valence-corrected chi connectivity index (χ4v) is 1.69. The minimum absolute atomic E-state index is 0.187. The lowest BCUT2D eigenvalue weighted by Crippen LogP contribution is -2.37. The molecule has 0 saturated carbocycles. The number of esters is 1. The van der Waals surface area contributed by atoms with Crippen molar-refractivity contribution in [3.05, 3.63) is 24.2 Å². The van der Waals surface area contributed by atoms with E-state index in [9.17, 15) is 4.79 Å². The van der Waals surface area contributed by atoms with Gasteiger partial charge in [-0.15, -0.1) is 0 Å². The van der Waals surface area contributed by atoms with E-state index in [2.05, 4.69) is 4.90 Å². The summed E-state index contributed by atoms with van der Waals surface area (Å²) in [6, 6.07) is 3.56. The lowest BCUT2D eigenvalue weighted by Gasteiger charge is -2.25. The van der Waals surface area contributed by atoms with Crippen LogP contribution in [0.1, 0.15) is 12.2 Å². The number of hydrogen-bond acceptors (Lipinski definition) is 5. The van der Waals surface area contributed by atoms with Gasteiger partial charge in [0.25, 0.3) is 0 Å². The molecule has 1 aliphatic heterocycles. The first-order chi connectivity index (χ1) is 8.34. The summed E-state index contributed by atoms with van der Waals surface area (Å²) in [5, 5.41) is 0. The molecule has 5 nitrogen and oxygen atoms in total. The molecule has 0 N–H and O–H groups in total. The molecule has 0 aliphatic carbocycles. The highest BCUT2D eigenvalue weighted by Gasteiger charge is 2.12. The summed E-state index contributed by atoms with van der Waals surface area (Å²) in [4.78, 5) is 13.7. The van der Waals surface area contributed by atoms with Crippen LogP contribution in [0.5, 0.6) is 0 Å². The molecule has 2 rings (SSSR count). The predicted molar refractivity (Wildman–Crippen MR) is 60.4 cm³/mol. The normalized spacial score (nSPS) is 16.9. The molecule has 1 aliphatic rings. The molecule has 0 radical (unpaired) electrons. The van der Waals surface area contributed by atoms with E-state index in [0.717, 1.165) is 32.8 Å². The quantitative estimate of drug-likeness (QED) is 0.719.